The molecule has 0 unspecified atom stereocenters. The number of para-hydroxylation sites is 1. The van der Waals surface area contributed by atoms with E-state index >= 15 is 0 Å². The smallest absolute Gasteiger partial charge is 0.199 e. The largest absolute Gasteiger partial charge is 0.488 e. The van der Waals surface area contributed by atoms with Gasteiger partial charge >= 0.3 is 0 Å². The molecule has 0 aliphatic carbocycles. The van der Waals surface area contributed by atoms with Crippen LogP contribution in [0.25, 0.3) is 6.08 Å². The van der Waals surface area contributed by atoms with Gasteiger partial charge in [0.2, 0.25) is 0 Å². The van der Waals surface area contributed by atoms with Crippen molar-refractivity contribution in [1.82, 2.24) is 0 Å². The number of hydrogen-bond donors (Lipinski definition) is 0. The number of carbonyl (C=O) groups excluding carboxylic acids is 1. The molecule has 0 saturated heterocycles. The van der Waals surface area contributed by atoms with E-state index in [9.17, 15) is 4.79 Å². The van der Waals surface area contributed by atoms with E-state index in [1.807, 2.05) is 60.7 Å². The highest BCUT2D eigenvalue weighted by Crippen LogP contribution is 2.31. The van der Waals surface area contributed by atoms with Gasteiger partial charge in [0.05, 0.1) is 4.91 Å². The molecule has 0 saturated carbocycles. The molecule has 4 aromatic carbocycles. The number of Topliss-reactive ketones (excluding diaryl/α,β-unsaturated/α-hetero) is 1. The van der Waals surface area contributed by atoms with Gasteiger partial charge in [0.1, 0.15) is 12.4 Å². The molecule has 2 nitrogen and oxygen atoms in total. The Morgan fingerprint density at radius 1 is 0.824 bits per heavy atom. The van der Waals surface area contributed by atoms with Crippen LogP contribution in [0.2, 0.25) is 5.02 Å². The first kappa shape index (κ1) is 23.9. The van der Waals surface area contributed by atoms with Crippen LogP contribution in [0.15, 0.2) is 108 Å². The Balaban J connectivity index is 1.62. The molecule has 0 spiro atoms. The Morgan fingerprint density at radius 2 is 1.50 bits per heavy atom. The molecule has 4 aromatic rings. The highest BCUT2D eigenvalue weighted by molar-refractivity contribution is 8.03. The summed E-state index contributed by atoms with van der Waals surface area (Å²) >= 11 is 7.57. The van der Waals surface area contributed by atoms with Gasteiger partial charge in [-0.1, -0.05) is 90.0 Å². The quantitative estimate of drug-likeness (QED) is 0.176. The standard InChI is InChI=1S/C30H25ClO2S/c1-22-11-13-24(14-12-22)21-34-29(30(32)25-15-17-27(31)18-16-25)19-26-9-5-6-10-28(26)33-20-23-7-3-2-4-8-23/h2-19H,20-21H2,1H3. The van der Waals surface area contributed by atoms with E-state index < -0.39 is 0 Å². The van der Waals surface area contributed by atoms with E-state index in [1.165, 1.54) is 22.9 Å². The van der Waals surface area contributed by atoms with E-state index in [0.717, 1.165) is 16.9 Å². The maximum absolute atomic E-state index is 13.5. The lowest BCUT2D eigenvalue weighted by molar-refractivity contribution is 0.104. The summed E-state index contributed by atoms with van der Waals surface area (Å²) < 4.78 is 6.12. The first-order valence-corrected chi connectivity index (χ1v) is 12.4. The van der Waals surface area contributed by atoms with E-state index in [0.29, 0.717) is 27.9 Å². The lowest BCUT2D eigenvalue weighted by Crippen LogP contribution is -2.02. The van der Waals surface area contributed by atoms with Crippen LogP contribution in [0, 0.1) is 6.92 Å². The molecule has 0 aliphatic rings. The zero-order chi connectivity index (χ0) is 23.8. The first-order valence-electron chi connectivity index (χ1n) is 11.0. The third-order valence-corrected chi connectivity index (χ3v) is 6.63. The second kappa shape index (κ2) is 11.7. The molecule has 0 radical (unpaired) electrons. The van der Waals surface area contributed by atoms with Crippen molar-refractivity contribution in [2.45, 2.75) is 19.3 Å². The molecule has 0 bridgehead atoms. The Kier molecular flexibility index (Phi) is 8.24. The predicted molar refractivity (Wildman–Crippen MR) is 143 cm³/mol. The fraction of sp³-hybridized carbons (Fsp3) is 0.100. The molecule has 170 valence electrons. The summed E-state index contributed by atoms with van der Waals surface area (Å²) in [7, 11) is 0. The molecule has 0 heterocycles. The van der Waals surface area contributed by atoms with E-state index in [1.54, 1.807) is 24.3 Å². The predicted octanol–water partition coefficient (Wildman–Crippen LogP) is 8.38. The molecule has 0 aliphatic heterocycles. The van der Waals surface area contributed by atoms with Gasteiger partial charge in [0.15, 0.2) is 5.78 Å². The van der Waals surface area contributed by atoms with Gasteiger partial charge in [0, 0.05) is 21.9 Å². The molecule has 4 rings (SSSR count). The minimum absolute atomic E-state index is 0.0355. The van der Waals surface area contributed by atoms with Gasteiger partial charge in [-0.2, -0.15) is 0 Å². The van der Waals surface area contributed by atoms with E-state index in [2.05, 4.69) is 31.2 Å². The number of benzene rings is 4. The van der Waals surface area contributed by atoms with Gasteiger partial charge in [-0.05, 0) is 54.5 Å². The normalized spacial score (nSPS) is 11.3. The Hall–Kier alpha value is -3.27. The average molecular weight is 485 g/mol. The number of rotatable bonds is 9. The molecule has 34 heavy (non-hydrogen) atoms. The highest BCUT2D eigenvalue weighted by atomic mass is 35.5. The van der Waals surface area contributed by atoms with Gasteiger partial charge in [-0.15, -0.1) is 11.8 Å². The summed E-state index contributed by atoms with van der Waals surface area (Å²) in [5.41, 5.74) is 4.94. The average Bonchev–Trinajstić information content (AvgIpc) is 2.87. The van der Waals surface area contributed by atoms with Crippen molar-refractivity contribution >= 4 is 35.2 Å². The van der Waals surface area contributed by atoms with Crippen molar-refractivity contribution in [2.75, 3.05) is 0 Å². The molecule has 0 atom stereocenters. The van der Waals surface area contributed by atoms with Crippen molar-refractivity contribution in [3.8, 4) is 5.75 Å². The van der Waals surface area contributed by atoms with Gasteiger partial charge in [-0.25, -0.2) is 0 Å². The van der Waals surface area contributed by atoms with Gasteiger partial charge < -0.3 is 4.74 Å². The molecule has 0 amide bonds. The Morgan fingerprint density at radius 3 is 2.24 bits per heavy atom. The number of aryl methyl sites for hydroxylation is 1. The first-order chi connectivity index (χ1) is 16.6. The van der Waals surface area contributed by atoms with Crippen LogP contribution in [0.4, 0.5) is 0 Å². The van der Waals surface area contributed by atoms with E-state index in [-0.39, 0.29) is 5.78 Å². The van der Waals surface area contributed by atoms with Crippen LogP contribution in [-0.2, 0) is 12.4 Å². The maximum atomic E-state index is 13.5. The van der Waals surface area contributed by atoms with Crippen LogP contribution in [0.1, 0.15) is 32.6 Å². The van der Waals surface area contributed by atoms with Crippen LogP contribution in [0.5, 0.6) is 5.75 Å². The van der Waals surface area contributed by atoms with Crippen molar-refractivity contribution in [2.24, 2.45) is 0 Å². The minimum Gasteiger partial charge on any atom is -0.488 e. The zero-order valence-corrected chi connectivity index (χ0v) is 20.5. The van der Waals surface area contributed by atoms with Crippen molar-refractivity contribution < 1.29 is 9.53 Å². The Labute approximate surface area is 210 Å². The van der Waals surface area contributed by atoms with Crippen molar-refractivity contribution in [3.63, 3.8) is 0 Å². The molecule has 0 N–H and O–H groups in total. The summed E-state index contributed by atoms with van der Waals surface area (Å²) in [6, 6.07) is 33.3. The molecule has 4 heteroatoms. The van der Waals surface area contributed by atoms with Gasteiger partial charge in [0.25, 0.3) is 0 Å². The monoisotopic (exact) mass is 484 g/mol. The molecular formula is C30H25ClO2S. The summed E-state index contributed by atoms with van der Waals surface area (Å²) in [5.74, 6) is 1.40. The summed E-state index contributed by atoms with van der Waals surface area (Å²) in [4.78, 5) is 14.1. The topological polar surface area (TPSA) is 26.3 Å². The van der Waals surface area contributed by atoms with Crippen molar-refractivity contribution in [1.29, 1.82) is 0 Å². The maximum Gasteiger partial charge on any atom is 0.199 e. The second-order valence-corrected chi connectivity index (χ2v) is 9.38. The lowest BCUT2D eigenvalue weighted by atomic mass is 10.1. The van der Waals surface area contributed by atoms with Crippen LogP contribution in [0.3, 0.4) is 0 Å². The number of thioether (sulfide) groups is 1. The highest BCUT2D eigenvalue weighted by Gasteiger charge is 2.15. The zero-order valence-electron chi connectivity index (χ0n) is 18.9. The number of ketones is 1. The molecule has 0 aromatic heterocycles. The summed E-state index contributed by atoms with van der Waals surface area (Å²) in [6.07, 6.45) is 1.93. The van der Waals surface area contributed by atoms with Crippen LogP contribution in [-0.4, -0.2) is 5.78 Å². The minimum atomic E-state index is -0.0355. The number of ether oxygens (including phenoxy) is 1. The molecule has 0 fully saturated rings. The summed E-state index contributed by atoms with van der Waals surface area (Å²) in [6.45, 7) is 2.53. The lowest BCUT2D eigenvalue weighted by Gasteiger charge is -2.12. The summed E-state index contributed by atoms with van der Waals surface area (Å²) in [5, 5.41) is 0.606. The number of hydrogen-bond acceptors (Lipinski definition) is 3. The fourth-order valence-corrected chi connectivity index (χ4v) is 4.47. The fourth-order valence-electron chi connectivity index (χ4n) is 3.37. The molecular weight excluding hydrogens is 460 g/mol. The number of allylic oxidation sites excluding steroid dienone is 1. The second-order valence-electron chi connectivity index (χ2n) is 7.93. The van der Waals surface area contributed by atoms with Gasteiger partial charge in [-0.3, -0.25) is 4.79 Å². The third-order valence-electron chi connectivity index (χ3n) is 5.29. The SMILES string of the molecule is Cc1ccc(CSC(=Cc2ccccc2OCc2ccccc2)C(=O)c2ccc(Cl)cc2)cc1. The third kappa shape index (κ3) is 6.63. The number of carbonyl (C=O) groups is 1. The number of halogens is 1. The van der Waals surface area contributed by atoms with Crippen LogP contribution >= 0.6 is 23.4 Å². The Bertz CT molecular complexity index is 1260. The van der Waals surface area contributed by atoms with Crippen molar-refractivity contribution in [3.05, 3.63) is 141 Å². The van der Waals surface area contributed by atoms with Crippen LogP contribution < -0.4 is 4.74 Å². The van der Waals surface area contributed by atoms with E-state index in [4.69, 9.17) is 16.3 Å².